The van der Waals surface area contributed by atoms with Crippen LogP contribution in [0.5, 0.6) is 5.75 Å². The van der Waals surface area contributed by atoms with Gasteiger partial charge in [0, 0.05) is 28.7 Å². The maximum absolute atomic E-state index is 5.39. The van der Waals surface area contributed by atoms with E-state index in [-0.39, 0.29) is 5.54 Å². The van der Waals surface area contributed by atoms with Crippen LogP contribution in [0.1, 0.15) is 30.7 Å². The van der Waals surface area contributed by atoms with Crippen molar-refractivity contribution >= 4 is 10.9 Å². The smallest absolute Gasteiger partial charge is 0.119 e. The van der Waals surface area contributed by atoms with Crippen molar-refractivity contribution in [1.82, 2.24) is 10.3 Å². The topological polar surface area (TPSA) is 37.0 Å². The summed E-state index contributed by atoms with van der Waals surface area (Å²) < 4.78 is 5.39. The second kappa shape index (κ2) is 3.75. The van der Waals surface area contributed by atoms with Crippen LogP contribution in [0.2, 0.25) is 0 Å². The lowest BCUT2D eigenvalue weighted by Gasteiger charge is -2.31. The molecule has 3 heteroatoms. The highest BCUT2D eigenvalue weighted by Gasteiger charge is 2.27. The van der Waals surface area contributed by atoms with Gasteiger partial charge >= 0.3 is 0 Å². The number of aryl methyl sites for hydroxylation is 1. The molecule has 2 N–H and O–H groups in total. The molecule has 3 rings (SSSR count). The lowest BCUT2D eigenvalue weighted by molar-refractivity contribution is 0.361. The van der Waals surface area contributed by atoms with Crippen molar-refractivity contribution in [2.24, 2.45) is 0 Å². The predicted molar refractivity (Wildman–Crippen MR) is 74.2 cm³/mol. The highest BCUT2D eigenvalue weighted by atomic mass is 16.5. The van der Waals surface area contributed by atoms with Crippen LogP contribution in [0, 0.1) is 6.92 Å². The summed E-state index contributed by atoms with van der Waals surface area (Å²) in [6, 6.07) is 4.24. The molecular weight excluding hydrogens is 224 g/mol. The van der Waals surface area contributed by atoms with Crippen molar-refractivity contribution in [1.29, 1.82) is 0 Å². The Bertz CT molecular complexity index is 610. The Hall–Kier alpha value is -1.48. The van der Waals surface area contributed by atoms with E-state index < -0.39 is 0 Å². The number of benzene rings is 1. The Morgan fingerprint density at radius 3 is 2.78 bits per heavy atom. The van der Waals surface area contributed by atoms with Gasteiger partial charge in [0.1, 0.15) is 5.75 Å². The monoisotopic (exact) mass is 244 g/mol. The van der Waals surface area contributed by atoms with Gasteiger partial charge in [0.25, 0.3) is 0 Å². The number of nitrogens with one attached hydrogen (secondary N) is 2. The molecule has 18 heavy (non-hydrogen) atoms. The first-order valence-corrected chi connectivity index (χ1v) is 6.43. The molecular formula is C15H20N2O. The zero-order valence-corrected chi connectivity index (χ0v) is 11.5. The minimum absolute atomic E-state index is 0.166. The fraction of sp³-hybridized carbons (Fsp3) is 0.467. The third-order valence-corrected chi connectivity index (χ3v) is 3.87. The predicted octanol–water partition coefficient (Wildman–Crippen LogP) is 2.91. The number of aromatic amines is 1. The van der Waals surface area contributed by atoms with Crippen LogP contribution in [0.25, 0.3) is 10.9 Å². The van der Waals surface area contributed by atoms with Gasteiger partial charge in [-0.25, -0.2) is 0 Å². The summed E-state index contributed by atoms with van der Waals surface area (Å²) in [4.78, 5) is 3.56. The molecule has 0 radical (unpaired) electrons. The van der Waals surface area contributed by atoms with Gasteiger partial charge in [0.15, 0.2) is 0 Å². The number of hydrogen-bond donors (Lipinski definition) is 2. The zero-order chi connectivity index (χ0) is 12.9. The van der Waals surface area contributed by atoms with Gasteiger partial charge in [-0.1, -0.05) is 0 Å². The van der Waals surface area contributed by atoms with E-state index in [1.54, 1.807) is 7.11 Å². The Morgan fingerprint density at radius 1 is 1.28 bits per heavy atom. The Kier molecular flexibility index (Phi) is 2.42. The molecule has 1 aromatic carbocycles. The van der Waals surface area contributed by atoms with Gasteiger partial charge in [0.2, 0.25) is 0 Å². The second-order valence-electron chi connectivity index (χ2n) is 5.86. The maximum Gasteiger partial charge on any atom is 0.119 e. The number of rotatable bonds is 1. The van der Waals surface area contributed by atoms with E-state index >= 15 is 0 Å². The van der Waals surface area contributed by atoms with Crippen LogP contribution in [-0.2, 0) is 13.0 Å². The van der Waals surface area contributed by atoms with Crippen LogP contribution in [0.3, 0.4) is 0 Å². The number of ether oxygens (including phenoxy) is 1. The van der Waals surface area contributed by atoms with E-state index in [0.717, 1.165) is 18.7 Å². The van der Waals surface area contributed by atoms with Gasteiger partial charge in [-0.3, -0.25) is 0 Å². The second-order valence-corrected chi connectivity index (χ2v) is 5.86. The molecule has 0 atom stereocenters. The van der Waals surface area contributed by atoms with Crippen LogP contribution in [-0.4, -0.2) is 17.6 Å². The summed E-state index contributed by atoms with van der Waals surface area (Å²) in [7, 11) is 1.73. The van der Waals surface area contributed by atoms with Crippen molar-refractivity contribution in [2.75, 3.05) is 7.11 Å². The molecule has 1 aliphatic rings. The highest BCUT2D eigenvalue weighted by Crippen LogP contribution is 2.33. The van der Waals surface area contributed by atoms with Crippen LogP contribution >= 0.6 is 0 Å². The van der Waals surface area contributed by atoms with Gasteiger partial charge in [-0.2, -0.15) is 0 Å². The van der Waals surface area contributed by atoms with Crippen LogP contribution < -0.4 is 10.1 Å². The Labute approximate surface area is 108 Å². The van der Waals surface area contributed by atoms with Crippen molar-refractivity contribution in [3.63, 3.8) is 0 Å². The molecule has 96 valence electrons. The van der Waals surface area contributed by atoms with Gasteiger partial charge in [-0.15, -0.1) is 0 Å². The molecule has 0 bridgehead atoms. The highest BCUT2D eigenvalue weighted by molar-refractivity contribution is 5.89. The summed E-state index contributed by atoms with van der Waals surface area (Å²) in [5.74, 6) is 0.943. The molecule has 1 aromatic heterocycles. The Balaban J connectivity index is 2.24. The molecule has 0 spiro atoms. The average Bonchev–Trinajstić information content (AvgIpc) is 2.66. The van der Waals surface area contributed by atoms with Crippen molar-refractivity contribution in [2.45, 2.75) is 39.3 Å². The van der Waals surface area contributed by atoms with E-state index in [1.807, 2.05) is 0 Å². The molecule has 0 saturated heterocycles. The van der Waals surface area contributed by atoms with E-state index in [2.05, 4.69) is 43.2 Å². The molecule has 1 aliphatic heterocycles. The summed E-state index contributed by atoms with van der Waals surface area (Å²) in [5, 5.41) is 4.88. The number of H-pyrrole nitrogens is 1. The van der Waals surface area contributed by atoms with Gasteiger partial charge in [0.05, 0.1) is 7.11 Å². The number of fused-ring (bicyclic) bond motifs is 3. The molecule has 0 amide bonds. The summed E-state index contributed by atoms with van der Waals surface area (Å²) in [6.45, 7) is 7.55. The van der Waals surface area contributed by atoms with Crippen molar-refractivity contribution in [3.8, 4) is 5.75 Å². The van der Waals surface area contributed by atoms with Crippen LogP contribution in [0.4, 0.5) is 0 Å². The van der Waals surface area contributed by atoms with E-state index in [4.69, 9.17) is 4.74 Å². The normalized spacial score (nSPS) is 17.8. The number of hydrogen-bond acceptors (Lipinski definition) is 2. The average molecular weight is 244 g/mol. The first-order valence-electron chi connectivity index (χ1n) is 6.43. The summed E-state index contributed by atoms with van der Waals surface area (Å²) >= 11 is 0. The van der Waals surface area contributed by atoms with E-state index in [0.29, 0.717) is 0 Å². The molecule has 0 fully saturated rings. The first-order chi connectivity index (χ1) is 8.50. The van der Waals surface area contributed by atoms with Gasteiger partial charge < -0.3 is 15.0 Å². The summed E-state index contributed by atoms with van der Waals surface area (Å²) in [5.41, 5.74) is 5.42. The molecule has 0 saturated carbocycles. The third kappa shape index (κ3) is 1.70. The lowest BCUT2D eigenvalue weighted by atomic mass is 9.89. The van der Waals surface area contributed by atoms with E-state index in [9.17, 15) is 0 Å². The maximum atomic E-state index is 5.39. The van der Waals surface area contributed by atoms with Crippen LogP contribution in [0.15, 0.2) is 12.1 Å². The van der Waals surface area contributed by atoms with E-state index in [1.165, 1.54) is 27.7 Å². The van der Waals surface area contributed by atoms with Crippen molar-refractivity contribution < 1.29 is 4.74 Å². The van der Waals surface area contributed by atoms with Gasteiger partial charge in [-0.05, 0) is 50.5 Å². The minimum Gasteiger partial charge on any atom is -0.497 e. The zero-order valence-electron chi connectivity index (χ0n) is 11.5. The first kappa shape index (κ1) is 11.6. The minimum atomic E-state index is 0.166. The lowest BCUT2D eigenvalue weighted by Crippen LogP contribution is -2.44. The third-order valence-electron chi connectivity index (χ3n) is 3.87. The molecule has 2 aromatic rings. The van der Waals surface area contributed by atoms with Crippen molar-refractivity contribution in [3.05, 3.63) is 29.0 Å². The number of methoxy groups -OCH3 is 1. The Morgan fingerprint density at radius 2 is 2.06 bits per heavy atom. The fourth-order valence-electron chi connectivity index (χ4n) is 2.85. The molecule has 3 nitrogen and oxygen atoms in total. The largest absolute Gasteiger partial charge is 0.497 e. The number of aromatic nitrogens is 1. The quantitative estimate of drug-likeness (QED) is 0.809. The molecule has 2 heterocycles. The molecule has 0 unspecified atom stereocenters. The fourth-order valence-corrected chi connectivity index (χ4v) is 2.85. The summed E-state index contributed by atoms with van der Waals surface area (Å²) in [6.07, 6.45) is 1.05. The standard InChI is InChI=1S/C15H20N2O/c1-9-5-10(18-4)6-11-12-7-15(2,3)16-8-13(12)17-14(9)11/h5-6,16-17H,7-8H2,1-4H3. The molecule has 0 aliphatic carbocycles. The SMILES string of the molecule is COc1cc(C)c2[nH]c3c(c2c1)CC(C)(C)NC3.